The highest BCUT2D eigenvalue weighted by Gasteiger charge is 2.00. The Kier molecular flexibility index (Phi) is 10.8. The van der Waals surface area contributed by atoms with Crippen LogP contribution in [0.15, 0.2) is 59.6 Å². The molecule has 0 aliphatic heterocycles. The molecule has 0 saturated carbocycles. The number of hydrogen-bond donors (Lipinski definition) is 2. The Bertz CT molecular complexity index is 672. The lowest BCUT2D eigenvalue weighted by molar-refractivity contribution is 0.107. The topological polar surface area (TPSA) is 54.9 Å². The van der Waals surface area contributed by atoms with Gasteiger partial charge in [0.2, 0.25) is 0 Å². The van der Waals surface area contributed by atoms with Crippen LogP contribution < -0.4 is 10.6 Å². The van der Waals surface area contributed by atoms with Gasteiger partial charge in [0.1, 0.15) is 0 Å². The van der Waals surface area contributed by atoms with E-state index < -0.39 is 0 Å². The Morgan fingerprint density at radius 2 is 1.50 bits per heavy atom. The molecule has 0 heterocycles. The van der Waals surface area contributed by atoms with E-state index in [1.165, 1.54) is 16.7 Å². The summed E-state index contributed by atoms with van der Waals surface area (Å²) in [6, 6.07) is 18.7. The first-order valence-electron chi connectivity index (χ1n) is 10.0. The highest BCUT2D eigenvalue weighted by molar-refractivity contribution is 5.79. The summed E-state index contributed by atoms with van der Waals surface area (Å²) >= 11 is 0. The molecule has 0 atom stereocenters. The summed E-state index contributed by atoms with van der Waals surface area (Å²) in [5.41, 5.74) is 3.59. The molecule has 0 fully saturated rings. The number of nitrogens with one attached hydrogen (secondary N) is 2. The van der Waals surface area contributed by atoms with E-state index in [0.717, 1.165) is 45.1 Å². The van der Waals surface area contributed by atoms with Crippen LogP contribution in [0.3, 0.4) is 0 Å². The van der Waals surface area contributed by atoms with Crippen LogP contribution in [0.25, 0.3) is 0 Å². The van der Waals surface area contributed by atoms with Crippen molar-refractivity contribution in [2.75, 3.05) is 26.8 Å². The Morgan fingerprint density at radius 3 is 2.18 bits per heavy atom. The SMILES string of the molecule is CCOCCCCNC(=NC)NCc1ccc(COCc2ccccc2)cc1. The molecule has 0 radical (unpaired) electrons. The number of nitrogens with zero attached hydrogens (tertiary/aromatic N) is 1. The summed E-state index contributed by atoms with van der Waals surface area (Å²) in [4.78, 5) is 4.27. The highest BCUT2D eigenvalue weighted by Crippen LogP contribution is 2.08. The van der Waals surface area contributed by atoms with Crippen LogP contribution in [-0.4, -0.2) is 32.8 Å². The molecule has 0 spiro atoms. The normalized spacial score (nSPS) is 11.4. The minimum atomic E-state index is 0.619. The Morgan fingerprint density at radius 1 is 0.821 bits per heavy atom. The lowest BCUT2D eigenvalue weighted by Gasteiger charge is -2.12. The van der Waals surface area contributed by atoms with Crippen molar-refractivity contribution >= 4 is 5.96 Å². The predicted molar refractivity (Wildman–Crippen MR) is 115 cm³/mol. The van der Waals surface area contributed by atoms with Crippen molar-refractivity contribution in [2.45, 2.75) is 39.5 Å². The molecule has 0 aliphatic rings. The van der Waals surface area contributed by atoms with Gasteiger partial charge >= 0.3 is 0 Å². The average Bonchev–Trinajstić information content (AvgIpc) is 2.74. The van der Waals surface area contributed by atoms with Gasteiger partial charge in [-0.3, -0.25) is 4.99 Å². The maximum absolute atomic E-state index is 5.79. The van der Waals surface area contributed by atoms with Gasteiger partial charge in [0.25, 0.3) is 0 Å². The van der Waals surface area contributed by atoms with Gasteiger partial charge in [-0.15, -0.1) is 0 Å². The standard InChI is InChI=1S/C23H33N3O2/c1-3-27-16-8-7-15-25-23(24-2)26-17-20-11-13-22(14-12-20)19-28-18-21-9-5-4-6-10-21/h4-6,9-14H,3,7-8,15-19H2,1-2H3,(H2,24,25,26). The van der Waals surface area contributed by atoms with Gasteiger partial charge in [-0.2, -0.15) is 0 Å². The van der Waals surface area contributed by atoms with Crippen LogP contribution in [0.1, 0.15) is 36.5 Å². The summed E-state index contributed by atoms with van der Waals surface area (Å²) < 4.78 is 11.1. The molecule has 0 amide bonds. The van der Waals surface area contributed by atoms with Gasteiger partial charge in [-0.05, 0) is 36.5 Å². The molecular weight excluding hydrogens is 350 g/mol. The molecule has 0 aromatic heterocycles. The lowest BCUT2D eigenvalue weighted by atomic mass is 10.1. The second-order valence-corrected chi connectivity index (χ2v) is 6.55. The van der Waals surface area contributed by atoms with Crippen LogP contribution in [0, 0.1) is 0 Å². The number of hydrogen-bond acceptors (Lipinski definition) is 3. The summed E-state index contributed by atoms with van der Waals surface area (Å²) in [5.74, 6) is 0.826. The lowest BCUT2D eigenvalue weighted by Crippen LogP contribution is -2.37. The molecule has 5 heteroatoms. The molecule has 152 valence electrons. The molecule has 0 aliphatic carbocycles. The fourth-order valence-electron chi connectivity index (χ4n) is 2.70. The first-order chi connectivity index (χ1) is 13.8. The molecule has 2 N–H and O–H groups in total. The van der Waals surface area contributed by atoms with Crippen LogP contribution in [0.2, 0.25) is 0 Å². The second kappa shape index (κ2) is 13.7. The third-order valence-electron chi connectivity index (χ3n) is 4.30. The number of benzene rings is 2. The first-order valence-corrected chi connectivity index (χ1v) is 10.0. The molecule has 0 saturated heterocycles. The molecule has 5 nitrogen and oxygen atoms in total. The van der Waals surface area contributed by atoms with Gasteiger partial charge in [-0.1, -0.05) is 54.6 Å². The summed E-state index contributed by atoms with van der Waals surface area (Å²) in [5, 5.41) is 6.68. The average molecular weight is 384 g/mol. The van der Waals surface area contributed by atoms with Gasteiger partial charge in [0.05, 0.1) is 13.2 Å². The van der Waals surface area contributed by atoms with E-state index >= 15 is 0 Å². The maximum Gasteiger partial charge on any atom is 0.191 e. The van der Waals surface area contributed by atoms with Gasteiger partial charge in [0.15, 0.2) is 5.96 Å². The van der Waals surface area contributed by atoms with E-state index in [1.54, 1.807) is 7.05 Å². The zero-order valence-corrected chi connectivity index (χ0v) is 17.1. The largest absolute Gasteiger partial charge is 0.382 e. The van der Waals surface area contributed by atoms with E-state index in [9.17, 15) is 0 Å². The Labute approximate surface area is 169 Å². The molecule has 28 heavy (non-hydrogen) atoms. The minimum absolute atomic E-state index is 0.619. The summed E-state index contributed by atoms with van der Waals surface area (Å²) in [6.07, 6.45) is 2.13. The smallest absolute Gasteiger partial charge is 0.191 e. The van der Waals surface area contributed by atoms with Crippen LogP contribution >= 0.6 is 0 Å². The van der Waals surface area contributed by atoms with Gasteiger partial charge < -0.3 is 20.1 Å². The zero-order chi connectivity index (χ0) is 19.9. The molecule has 0 bridgehead atoms. The predicted octanol–water partition coefficient (Wildman–Crippen LogP) is 3.89. The summed E-state index contributed by atoms with van der Waals surface area (Å²) in [7, 11) is 1.79. The quantitative estimate of drug-likeness (QED) is 0.332. The maximum atomic E-state index is 5.79. The second-order valence-electron chi connectivity index (χ2n) is 6.55. The Balaban J connectivity index is 1.64. The van der Waals surface area contributed by atoms with Crippen LogP contribution in [-0.2, 0) is 29.2 Å². The third-order valence-corrected chi connectivity index (χ3v) is 4.30. The van der Waals surface area contributed by atoms with Gasteiger partial charge in [-0.25, -0.2) is 0 Å². The van der Waals surface area contributed by atoms with Crippen molar-refractivity contribution < 1.29 is 9.47 Å². The van der Waals surface area contributed by atoms with Crippen molar-refractivity contribution in [2.24, 2.45) is 4.99 Å². The molecule has 2 aromatic rings. The minimum Gasteiger partial charge on any atom is -0.382 e. The van der Waals surface area contributed by atoms with Crippen LogP contribution in [0.4, 0.5) is 0 Å². The number of ether oxygens (including phenoxy) is 2. The van der Waals surface area contributed by atoms with Crippen molar-refractivity contribution in [3.63, 3.8) is 0 Å². The van der Waals surface area contributed by atoms with E-state index in [1.807, 2.05) is 25.1 Å². The van der Waals surface area contributed by atoms with E-state index in [0.29, 0.717) is 13.2 Å². The third kappa shape index (κ3) is 9.02. The number of guanidine groups is 1. The summed E-state index contributed by atoms with van der Waals surface area (Å²) in [6.45, 7) is 6.52. The molecular formula is C23H33N3O2. The molecule has 2 aromatic carbocycles. The van der Waals surface area contributed by atoms with Crippen molar-refractivity contribution in [3.05, 3.63) is 71.3 Å². The fourth-order valence-corrected chi connectivity index (χ4v) is 2.70. The van der Waals surface area contributed by atoms with Crippen molar-refractivity contribution in [3.8, 4) is 0 Å². The number of rotatable bonds is 12. The first kappa shape index (κ1) is 21.9. The zero-order valence-electron chi connectivity index (χ0n) is 17.1. The Hall–Kier alpha value is -2.37. The monoisotopic (exact) mass is 383 g/mol. The highest BCUT2D eigenvalue weighted by atomic mass is 16.5. The van der Waals surface area contributed by atoms with Crippen molar-refractivity contribution in [1.82, 2.24) is 10.6 Å². The van der Waals surface area contributed by atoms with E-state index in [-0.39, 0.29) is 0 Å². The van der Waals surface area contributed by atoms with Gasteiger partial charge in [0, 0.05) is 33.4 Å². The number of unbranched alkanes of at least 4 members (excludes halogenated alkanes) is 1. The number of aliphatic imine (C=N–C) groups is 1. The fraction of sp³-hybridized carbons (Fsp3) is 0.435. The van der Waals surface area contributed by atoms with Crippen LogP contribution in [0.5, 0.6) is 0 Å². The molecule has 2 rings (SSSR count). The molecule has 0 unspecified atom stereocenters. The van der Waals surface area contributed by atoms with E-state index in [2.05, 4.69) is 52.0 Å². The van der Waals surface area contributed by atoms with Crippen molar-refractivity contribution in [1.29, 1.82) is 0 Å². The van der Waals surface area contributed by atoms with E-state index in [4.69, 9.17) is 9.47 Å².